The molecule has 132 valence electrons. The second-order valence-corrected chi connectivity index (χ2v) is 6.42. The first-order valence-corrected chi connectivity index (χ1v) is 8.42. The lowest BCUT2D eigenvalue weighted by Crippen LogP contribution is -2.49. The van der Waals surface area contributed by atoms with E-state index in [0.29, 0.717) is 21.7 Å². The van der Waals surface area contributed by atoms with Crippen LogP contribution in [-0.2, 0) is 4.79 Å². The number of amides is 2. The molecule has 0 spiro atoms. The van der Waals surface area contributed by atoms with Crippen molar-refractivity contribution in [3.8, 4) is 5.75 Å². The lowest BCUT2D eigenvalue weighted by Gasteiger charge is -2.20. The Bertz CT molecular complexity index is 940. The molecule has 2 aromatic rings. The quantitative estimate of drug-likeness (QED) is 0.600. The highest BCUT2D eigenvalue weighted by Gasteiger charge is 2.31. The molecular formula is C17H14BrN5O3. The summed E-state index contributed by atoms with van der Waals surface area (Å²) in [5, 5.41) is 2.60. The highest BCUT2D eigenvalue weighted by atomic mass is 79.9. The Morgan fingerprint density at radius 3 is 2.96 bits per heavy atom. The van der Waals surface area contributed by atoms with Crippen LogP contribution in [-0.4, -0.2) is 41.5 Å². The van der Waals surface area contributed by atoms with Crippen LogP contribution >= 0.6 is 15.9 Å². The highest BCUT2D eigenvalue weighted by molar-refractivity contribution is 9.10. The number of aryl methyl sites for hydroxylation is 1. The van der Waals surface area contributed by atoms with Gasteiger partial charge >= 0.3 is 0 Å². The lowest BCUT2D eigenvalue weighted by molar-refractivity contribution is -0.120. The number of carbonyl (C=O) groups excluding carboxylic acids is 2. The van der Waals surface area contributed by atoms with Gasteiger partial charge in [-0.2, -0.15) is 0 Å². The minimum atomic E-state index is -0.903. The number of hydrogen-bond donors (Lipinski definition) is 1. The van der Waals surface area contributed by atoms with Crippen LogP contribution in [0.15, 0.2) is 29.0 Å². The SMILES string of the molecule is [C-]#[N+]c1ccc2c(c1)OC[C@H](NC(=O)c1ncc(C)c(Br)n1)C(=O)N2C. The highest BCUT2D eigenvalue weighted by Crippen LogP contribution is 2.34. The molecule has 0 radical (unpaired) electrons. The van der Waals surface area contributed by atoms with Crippen molar-refractivity contribution in [2.24, 2.45) is 0 Å². The molecule has 0 saturated carbocycles. The van der Waals surface area contributed by atoms with Gasteiger partial charge in [0.05, 0.1) is 12.3 Å². The van der Waals surface area contributed by atoms with Crippen molar-refractivity contribution in [2.45, 2.75) is 13.0 Å². The Labute approximate surface area is 158 Å². The molecule has 1 N–H and O–H groups in total. The number of ether oxygens (including phenoxy) is 1. The molecule has 9 heteroatoms. The molecule has 26 heavy (non-hydrogen) atoms. The number of carbonyl (C=O) groups is 2. The molecule has 1 atom stereocenters. The third-order valence-electron chi connectivity index (χ3n) is 3.89. The van der Waals surface area contributed by atoms with E-state index in [1.807, 2.05) is 0 Å². The van der Waals surface area contributed by atoms with Crippen LogP contribution in [0.4, 0.5) is 11.4 Å². The van der Waals surface area contributed by atoms with Gasteiger partial charge in [0.25, 0.3) is 11.8 Å². The molecule has 1 aromatic carbocycles. The van der Waals surface area contributed by atoms with E-state index in [0.717, 1.165) is 5.56 Å². The monoisotopic (exact) mass is 415 g/mol. The van der Waals surface area contributed by atoms with Gasteiger partial charge in [0.1, 0.15) is 23.0 Å². The number of fused-ring (bicyclic) bond motifs is 1. The number of nitrogens with zero attached hydrogens (tertiary/aromatic N) is 4. The Morgan fingerprint density at radius 2 is 2.27 bits per heavy atom. The van der Waals surface area contributed by atoms with E-state index in [9.17, 15) is 9.59 Å². The molecule has 8 nitrogen and oxygen atoms in total. The summed E-state index contributed by atoms with van der Waals surface area (Å²) in [6.45, 7) is 8.82. The van der Waals surface area contributed by atoms with Crippen LogP contribution in [0.2, 0.25) is 0 Å². The molecule has 1 aliphatic heterocycles. The summed E-state index contributed by atoms with van der Waals surface area (Å²) in [6.07, 6.45) is 1.52. The molecule has 0 aliphatic carbocycles. The fraction of sp³-hybridized carbons (Fsp3) is 0.235. The van der Waals surface area contributed by atoms with Crippen molar-refractivity contribution in [3.05, 3.63) is 51.8 Å². The summed E-state index contributed by atoms with van der Waals surface area (Å²) < 4.78 is 6.16. The number of hydrogen-bond acceptors (Lipinski definition) is 5. The van der Waals surface area contributed by atoms with Crippen LogP contribution in [0, 0.1) is 13.5 Å². The fourth-order valence-electron chi connectivity index (χ4n) is 2.42. The van der Waals surface area contributed by atoms with E-state index >= 15 is 0 Å². The van der Waals surface area contributed by atoms with E-state index in [1.54, 1.807) is 32.2 Å². The van der Waals surface area contributed by atoms with Crippen LogP contribution in [0.1, 0.15) is 16.2 Å². The van der Waals surface area contributed by atoms with Gasteiger partial charge in [0.15, 0.2) is 5.69 Å². The Morgan fingerprint density at radius 1 is 1.50 bits per heavy atom. The zero-order valence-corrected chi connectivity index (χ0v) is 15.6. The predicted octanol–water partition coefficient (Wildman–Crippen LogP) is 2.25. The van der Waals surface area contributed by atoms with Gasteiger partial charge in [0, 0.05) is 18.8 Å². The number of halogens is 1. The summed E-state index contributed by atoms with van der Waals surface area (Å²) in [5.74, 6) is -0.539. The standard InChI is InChI=1S/C17H14BrN5O3/c1-9-7-20-15(22-14(9)18)16(24)21-11-8-26-13-6-10(19-2)4-5-12(13)23(3)17(11)25/h4-7,11H,8H2,1,3H3,(H,21,24)/t11-/m0/s1. The van der Waals surface area contributed by atoms with Gasteiger partial charge in [-0.15, -0.1) is 0 Å². The Balaban J connectivity index is 1.82. The van der Waals surface area contributed by atoms with Gasteiger partial charge in [-0.3, -0.25) is 9.59 Å². The van der Waals surface area contributed by atoms with Crippen LogP contribution in [0.3, 0.4) is 0 Å². The number of rotatable bonds is 2. The van der Waals surface area contributed by atoms with Crippen LogP contribution < -0.4 is 15.0 Å². The predicted molar refractivity (Wildman–Crippen MR) is 97.3 cm³/mol. The van der Waals surface area contributed by atoms with E-state index in [-0.39, 0.29) is 18.3 Å². The molecule has 2 heterocycles. The lowest BCUT2D eigenvalue weighted by atomic mass is 10.2. The average Bonchev–Trinajstić information content (AvgIpc) is 2.75. The number of aromatic nitrogens is 2. The molecule has 1 aliphatic rings. The van der Waals surface area contributed by atoms with Crippen molar-refractivity contribution in [3.63, 3.8) is 0 Å². The number of benzene rings is 1. The van der Waals surface area contributed by atoms with Crippen molar-refractivity contribution in [1.29, 1.82) is 0 Å². The number of nitrogens with one attached hydrogen (secondary N) is 1. The minimum Gasteiger partial charge on any atom is -0.490 e. The third-order valence-corrected chi connectivity index (χ3v) is 4.69. The summed E-state index contributed by atoms with van der Waals surface area (Å²) in [4.78, 5) is 37.9. The number of anilines is 1. The largest absolute Gasteiger partial charge is 0.490 e. The normalized spacial score (nSPS) is 16.2. The van der Waals surface area contributed by atoms with E-state index in [4.69, 9.17) is 11.3 Å². The topological polar surface area (TPSA) is 88.8 Å². The maximum absolute atomic E-state index is 12.7. The van der Waals surface area contributed by atoms with Gasteiger partial charge in [-0.1, -0.05) is 6.07 Å². The zero-order valence-electron chi connectivity index (χ0n) is 14.0. The zero-order chi connectivity index (χ0) is 18.8. The van der Waals surface area contributed by atoms with Gasteiger partial charge < -0.3 is 15.0 Å². The summed E-state index contributed by atoms with van der Waals surface area (Å²) >= 11 is 3.25. The Kier molecular flexibility index (Phi) is 4.86. The van der Waals surface area contributed by atoms with Gasteiger partial charge in [-0.25, -0.2) is 14.8 Å². The van der Waals surface area contributed by atoms with Gasteiger partial charge in [0.2, 0.25) is 5.82 Å². The molecule has 0 bridgehead atoms. The van der Waals surface area contributed by atoms with E-state index in [1.165, 1.54) is 11.1 Å². The Hall–Kier alpha value is -2.99. The molecule has 1 aromatic heterocycles. The van der Waals surface area contributed by atoms with Gasteiger partial charge in [-0.05, 0) is 35.0 Å². The first kappa shape index (κ1) is 17.8. The average molecular weight is 416 g/mol. The summed E-state index contributed by atoms with van der Waals surface area (Å²) in [7, 11) is 1.59. The van der Waals surface area contributed by atoms with Crippen LogP contribution in [0.25, 0.3) is 4.85 Å². The smallest absolute Gasteiger partial charge is 0.289 e. The first-order valence-electron chi connectivity index (χ1n) is 7.62. The van der Waals surface area contributed by atoms with Crippen molar-refractivity contribution in [2.75, 3.05) is 18.6 Å². The molecule has 3 rings (SSSR count). The van der Waals surface area contributed by atoms with E-state index in [2.05, 4.69) is 36.1 Å². The van der Waals surface area contributed by atoms with E-state index < -0.39 is 11.9 Å². The molecule has 0 fully saturated rings. The second-order valence-electron chi connectivity index (χ2n) is 5.67. The first-order chi connectivity index (χ1) is 12.4. The van der Waals surface area contributed by atoms with Crippen molar-refractivity contribution >= 4 is 39.1 Å². The van der Waals surface area contributed by atoms with Crippen molar-refractivity contribution < 1.29 is 14.3 Å². The maximum atomic E-state index is 12.7. The maximum Gasteiger partial charge on any atom is 0.289 e. The number of likely N-dealkylation sites (N-methyl/N-ethyl adjacent to an activating group) is 1. The molecular weight excluding hydrogens is 402 g/mol. The third kappa shape index (κ3) is 3.36. The molecule has 0 unspecified atom stereocenters. The summed E-state index contributed by atoms with van der Waals surface area (Å²) in [6, 6.07) is 3.91. The molecule has 0 saturated heterocycles. The second kappa shape index (κ2) is 7.09. The molecule has 2 amide bonds. The van der Waals surface area contributed by atoms with Crippen molar-refractivity contribution in [1.82, 2.24) is 15.3 Å². The summed E-state index contributed by atoms with van der Waals surface area (Å²) in [5.41, 5.74) is 1.74. The fourth-order valence-corrected chi connectivity index (χ4v) is 2.69. The minimum absolute atomic E-state index is 0.0463. The van der Waals surface area contributed by atoms with Crippen LogP contribution in [0.5, 0.6) is 5.75 Å².